The van der Waals surface area contributed by atoms with Gasteiger partial charge in [-0.2, -0.15) is 0 Å². The Hall–Kier alpha value is -0.955. The number of rotatable bonds is 2. The molecule has 0 bridgehead atoms. The van der Waals surface area contributed by atoms with Gasteiger partial charge in [0.25, 0.3) is 0 Å². The lowest BCUT2D eigenvalue weighted by molar-refractivity contribution is -0.264. The van der Waals surface area contributed by atoms with Crippen molar-refractivity contribution in [3.63, 3.8) is 0 Å². The average molecular weight is 266 g/mol. The first kappa shape index (κ1) is 13.0. The van der Waals surface area contributed by atoms with Gasteiger partial charge >= 0.3 is 7.12 Å². The highest BCUT2D eigenvalue weighted by Gasteiger charge is 2.53. The minimum absolute atomic E-state index is 0.310. The van der Waals surface area contributed by atoms with Crippen molar-refractivity contribution in [2.75, 3.05) is 6.61 Å². The summed E-state index contributed by atoms with van der Waals surface area (Å²) in [5.74, 6) is 0. The number of ether oxygens (including phenoxy) is 1. The summed E-state index contributed by atoms with van der Waals surface area (Å²) in [6.45, 7) is -0.310. The van der Waals surface area contributed by atoms with E-state index in [1.54, 1.807) is 0 Å². The van der Waals surface area contributed by atoms with Crippen LogP contribution in [0.2, 0.25) is 0 Å². The van der Waals surface area contributed by atoms with Crippen molar-refractivity contribution in [3.8, 4) is 0 Å². The second-order valence-electron chi connectivity index (χ2n) is 4.68. The maximum atomic E-state index is 9.86. The monoisotopic (exact) mass is 266 g/mol. The SMILES string of the molecule is OCC1OC(O)[C@@H](O)[C@H]2OB(c3ccccc3)O[C@H]12. The van der Waals surface area contributed by atoms with Crippen molar-refractivity contribution in [2.45, 2.75) is 30.7 Å². The highest BCUT2D eigenvalue weighted by Crippen LogP contribution is 2.30. The van der Waals surface area contributed by atoms with Crippen LogP contribution in [-0.4, -0.2) is 59.8 Å². The number of fused-ring (bicyclic) bond motifs is 1. The molecule has 7 heteroatoms. The summed E-state index contributed by atoms with van der Waals surface area (Å²) in [5, 5.41) is 28.7. The third kappa shape index (κ3) is 2.29. The van der Waals surface area contributed by atoms with Gasteiger partial charge < -0.3 is 29.4 Å². The summed E-state index contributed by atoms with van der Waals surface area (Å²) < 4.78 is 16.4. The van der Waals surface area contributed by atoms with E-state index in [0.29, 0.717) is 0 Å². The molecular formula is C12H15BO6. The number of aliphatic hydroxyl groups excluding tert-OH is 3. The third-order valence-electron chi connectivity index (χ3n) is 3.45. The van der Waals surface area contributed by atoms with Crippen LogP contribution in [0.4, 0.5) is 0 Å². The molecule has 2 aliphatic rings. The van der Waals surface area contributed by atoms with Gasteiger partial charge in [0.1, 0.15) is 18.3 Å². The van der Waals surface area contributed by atoms with Gasteiger partial charge in [0, 0.05) is 0 Å². The fraction of sp³-hybridized carbons (Fsp3) is 0.500. The van der Waals surface area contributed by atoms with Gasteiger partial charge in [0.05, 0.1) is 12.7 Å². The molecule has 102 valence electrons. The predicted molar refractivity (Wildman–Crippen MR) is 65.5 cm³/mol. The van der Waals surface area contributed by atoms with Gasteiger partial charge in [-0.15, -0.1) is 0 Å². The predicted octanol–water partition coefficient (Wildman–Crippen LogP) is -1.76. The maximum absolute atomic E-state index is 9.86. The zero-order chi connectivity index (χ0) is 13.4. The fourth-order valence-electron chi connectivity index (χ4n) is 2.46. The molecule has 3 N–H and O–H groups in total. The molecule has 1 aromatic rings. The van der Waals surface area contributed by atoms with E-state index in [-0.39, 0.29) is 6.61 Å². The quantitative estimate of drug-likeness (QED) is 0.549. The van der Waals surface area contributed by atoms with E-state index in [1.807, 2.05) is 30.3 Å². The van der Waals surface area contributed by atoms with E-state index < -0.39 is 37.8 Å². The standard InChI is InChI=1S/C12H15BO6/c14-6-8-10-11(9(15)12(16)17-8)19-13(18-10)7-4-2-1-3-5-7/h1-5,8-12,14-16H,6H2/t8?,9-,10+,11+,12?/m0/s1. The van der Waals surface area contributed by atoms with Gasteiger partial charge in [0.15, 0.2) is 6.29 Å². The minimum atomic E-state index is -1.38. The van der Waals surface area contributed by atoms with Crippen LogP contribution < -0.4 is 5.46 Å². The molecule has 5 atom stereocenters. The lowest BCUT2D eigenvalue weighted by Crippen LogP contribution is -2.57. The zero-order valence-corrected chi connectivity index (χ0v) is 10.1. The van der Waals surface area contributed by atoms with Gasteiger partial charge in [-0.1, -0.05) is 30.3 Å². The Morgan fingerprint density at radius 1 is 1.05 bits per heavy atom. The molecule has 0 saturated carbocycles. The Morgan fingerprint density at radius 3 is 2.42 bits per heavy atom. The highest BCUT2D eigenvalue weighted by molar-refractivity contribution is 6.61. The Bertz CT molecular complexity index is 423. The third-order valence-corrected chi connectivity index (χ3v) is 3.45. The van der Waals surface area contributed by atoms with Crippen molar-refractivity contribution < 1.29 is 29.4 Å². The maximum Gasteiger partial charge on any atom is 0.494 e. The van der Waals surface area contributed by atoms with Crippen molar-refractivity contribution in [3.05, 3.63) is 30.3 Å². The van der Waals surface area contributed by atoms with E-state index in [9.17, 15) is 15.3 Å². The van der Waals surface area contributed by atoms with Crippen LogP contribution in [0, 0.1) is 0 Å². The second-order valence-corrected chi connectivity index (χ2v) is 4.68. The highest BCUT2D eigenvalue weighted by atomic mass is 16.7. The summed E-state index contributed by atoms with van der Waals surface area (Å²) in [6.07, 6.45) is -4.60. The van der Waals surface area contributed by atoms with E-state index in [1.165, 1.54) is 0 Å². The molecule has 2 unspecified atom stereocenters. The number of benzene rings is 1. The molecule has 2 heterocycles. The van der Waals surface area contributed by atoms with Gasteiger partial charge in [-0.3, -0.25) is 0 Å². The topological polar surface area (TPSA) is 88.4 Å². The molecule has 1 aromatic carbocycles. The van der Waals surface area contributed by atoms with E-state index in [2.05, 4.69) is 0 Å². The van der Waals surface area contributed by atoms with Crippen LogP contribution in [0.3, 0.4) is 0 Å². The largest absolute Gasteiger partial charge is 0.494 e. The molecule has 2 saturated heterocycles. The van der Waals surface area contributed by atoms with Crippen LogP contribution in [0.25, 0.3) is 0 Å². The molecule has 0 amide bonds. The first-order valence-electron chi connectivity index (χ1n) is 6.19. The zero-order valence-electron chi connectivity index (χ0n) is 10.1. The molecule has 2 aliphatic heterocycles. The summed E-state index contributed by atoms with van der Waals surface area (Å²) in [6, 6.07) is 9.29. The first-order valence-corrected chi connectivity index (χ1v) is 6.19. The number of aliphatic hydroxyl groups is 3. The van der Waals surface area contributed by atoms with E-state index in [4.69, 9.17) is 14.0 Å². The Morgan fingerprint density at radius 2 is 1.74 bits per heavy atom. The fourth-order valence-corrected chi connectivity index (χ4v) is 2.46. The van der Waals surface area contributed by atoms with Gasteiger partial charge in [-0.25, -0.2) is 0 Å². The molecule has 0 aliphatic carbocycles. The van der Waals surface area contributed by atoms with Crippen molar-refractivity contribution >= 4 is 12.6 Å². The van der Waals surface area contributed by atoms with Gasteiger partial charge in [0.2, 0.25) is 0 Å². The van der Waals surface area contributed by atoms with Crippen LogP contribution in [0.15, 0.2) is 30.3 Å². The van der Waals surface area contributed by atoms with Crippen LogP contribution >= 0.6 is 0 Å². The summed E-state index contributed by atoms with van der Waals surface area (Å²) >= 11 is 0. The second kappa shape index (κ2) is 5.20. The Balaban J connectivity index is 1.81. The van der Waals surface area contributed by atoms with Gasteiger partial charge in [-0.05, 0) is 5.46 Å². The Kier molecular flexibility index (Phi) is 3.57. The van der Waals surface area contributed by atoms with Crippen molar-refractivity contribution in [2.24, 2.45) is 0 Å². The average Bonchev–Trinajstić information content (AvgIpc) is 2.89. The molecule has 19 heavy (non-hydrogen) atoms. The Labute approximate surface area is 110 Å². The molecule has 6 nitrogen and oxygen atoms in total. The van der Waals surface area contributed by atoms with Crippen LogP contribution in [0.1, 0.15) is 0 Å². The summed E-state index contributed by atoms with van der Waals surface area (Å²) in [5.41, 5.74) is 0.815. The molecule has 0 spiro atoms. The number of hydrogen-bond donors (Lipinski definition) is 3. The van der Waals surface area contributed by atoms with E-state index >= 15 is 0 Å². The van der Waals surface area contributed by atoms with Crippen molar-refractivity contribution in [1.82, 2.24) is 0 Å². The lowest BCUT2D eigenvalue weighted by Gasteiger charge is -2.37. The van der Waals surface area contributed by atoms with E-state index in [0.717, 1.165) is 5.46 Å². The molecule has 0 aromatic heterocycles. The molecule has 3 rings (SSSR count). The minimum Gasteiger partial charge on any atom is -0.399 e. The molecule has 2 fully saturated rings. The van der Waals surface area contributed by atoms with Crippen LogP contribution in [-0.2, 0) is 14.0 Å². The molecule has 0 radical (unpaired) electrons. The lowest BCUT2D eigenvalue weighted by atomic mass is 9.79. The van der Waals surface area contributed by atoms with Crippen molar-refractivity contribution in [1.29, 1.82) is 0 Å². The number of hydrogen-bond acceptors (Lipinski definition) is 6. The smallest absolute Gasteiger partial charge is 0.399 e. The normalized spacial score (nSPS) is 38.3. The first-order chi connectivity index (χ1) is 9.20. The summed E-state index contributed by atoms with van der Waals surface area (Å²) in [7, 11) is -0.631. The van der Waals surface area contributed by atoms with Crippen LogP contribution in [0.5, 0.6) is 0 Å². The summed E-state index contributed by atoms with van der Waals surface area (Å²) in [4.78, 5) is 0. The molecular weight excluding hydrogens is 251 g/mol.